The van der Waals surface area contributed by atoms with Crippen molar-refractivity contribution in [2.24, 2.45) is 11.8 Å². The minimum Gasteiger partial charge on any atom is -0.465 e. The van der Waals surface area contributed by atoms with E-state index in [1.807, 2.05) is 35.2 Å². The molecule has 2 amide bonds. The van der Waals surface area contributed by atoms with E-state index in [1.54, 1.807) is 36.5 Å². The third kappa shape index (κ3) is 2.92. The van der Waals surface area contributed by atoms with Crippen molar-refractivity contribution in [1.29, 1.82) is 0 Å². The van der Waals surface area contributed by atoms with Gasteiger partial charge in [-0.15, -0.1) is 0 Å². The summed E-state index contributed by atoms with van der Waals surface area (Å²) in [5, 5.41) is 0. The summed E-state index contributed by atoms with van der Waals surface area (Å²) < 4.78 is 10.2. The van der Waals surface area contributed by atoms with Gasteiger partial charge in [-0.25, -0.2) is 9.69 Å². The van der Waals surface area contributed by atoms with E-state index >= 15 is 0 Å². The number of anilines is 1. The highest BCUT2D eigenvalue weighted by molar-refractivity contribution is 6.26. The molecule has 4 atom stereocenters. The van der Waals surface area contributed by atoms with Crippen LogP contribution in [0.3, 0.4) is 0 Å². The molecule has 1 aromatic heterocycles. The molecule has 0 spiro atoms. The quantitative estimate of drug-likeness (QED) is 0.329. The van der Waals surface area contributed by atoms with Crippen LogP contribution in [0.4, 0.5) is 5.69 Å². The molecule has 3 aromatic rings. The van der Waals surface area contributed by atoms with Crippen LogP contribution >= 0.6 is 0 Å². The Bertz CT molecular complexity index is 1410. The highest BCUT2D eigenvalue weighted by atomic mass is 16.5. The fraction of sp³-hybridized carbons (Fsp3) is 0.185. The van der Waals surface area contributed by atoms with Crippen molar-refractivity contribution in [3.05, 3.63) is 95.6 Å². The van der Waals surface area contributed by atoms with E-state index in [9.17, 15) is 19.2 Å². The van der Waals surface area contributed by atoms with Gasteiger partial charge in [-0.2, -0.15) is 0 Å². The number of ether oxygens (including phenoxy) is 1. The second-order valence-electron chi connectivity index (χ2n) is 8.70. The number of Topliss-reactive ketones (excluding diaryl/α,β-unsaturated/α-hetero) is 1. The van der Waals surface area contributed by atoms with Crippen LogP contribution in [0.5, 0.6) is 0 Å². The summed E-state index contributed by atoms with van der Waals surface area (Å²) in [5.41, 5.74) is 2.04. The Labute approximate surface area is 200 Å². The number of hydrogen-bond acceptors (Lipinski definition) is 7. The standard InChI is InChI=1S/C27H20N2O6/c1-34-27(33)17-9-4-5-10-18(17)29-25(31)20-21(26(29)32)23(24(30)19-11-6-14-35-19)28-13-12-15-7-2-3-8-16(15)22(20)28/h2-14,20-23H,1H3/t20-,21+,22+,23-/m0/s1. The number of benzene rings is 2. The molecule has 2 fully saturated rings. The topological polar surface area (TPSA) is 97.1 Å². The summed E-state index contributed by atoms with van der Waals surface area (Å²) in [5.74, 6) is -3.66. The summed E-state index contributed by atoms with van der Waals surface area (Å²) in [7, 11) is 1.24. The summed E-state index contributed by atoms with van der Waals surface area (Å²) in [4.78, 5) is 56.7. The zero-order valence-electron chi connectivity index (χ0n) is 18.7. The average molecular weight is 468 g/mol. The number of esters is 1. The number of amides is 2. The SMILES string of the molecule is COC(=O)c1ccccc1N1C(=O)[C@@H]2[C@H](C1=O)[C@H]1c3ccccc3C=CN1[C@@H]2C(=O)c1ccco1. The van der Waals surface area contributed by atoms with Gasteiger partial charge in [0, 0.05) is 6.20 Å². The fourth-order valence-corrected chi connectivity index (χ4v) is 5.61. The van der Waals surface area contributed by atoms with Crippen LogP contribution in [0.15, 0.2) is 77.5 Å². The molecule has 2 aromatic carbocycles. The Morgan fingerprint density at radius 2 is 1.66 bits per heavy atom. The maximum absolute atomic E-state index is 13.9. The van der Waals surface area contributed by atoms with Crippen LogP contribution in [0.2, 0.25) is 0 Å². The van der Waals surface area contributed by atoms with Crippen molar-refractivity contribution in [3.8, 4) is 0 Å². The maximum atomic E-state index is 13.9. The molecule has 2 saturated heterocycles. The molecule has 174 valence electrons. The van der Waals surface area contributed by atoms with Gasteiger partial charge in [-0.05, 0) is 41.5 Å². The molecule has 3 aliphatic heterocycles. The van der Waals surface area contributed by atoms with Crippen molar-refractivity contribution in [1.82, 2.24) is 4.90 Å². The number of methoxy groups -OCH3 is 1. The number of furan rings is 1. The normalized spacial score (nSPS) is 24.3. The predicted molar refractivity (Wildman–Crippen MR) is 124 cm³/mol. The number of hydrogen-bond donors (Lipinski definition) is 0. The van der Waals surface area contributed by atoms with Gasteiger partial charge in [-0.3, -0.25) is 14.4 Å². The molecule has 8 nitrogen and oxygen atoms in total. The molecular formula is C27H20N2O6. The second kappa shape index (κ2) is 7.80. The smallest absolute Gasteiger partial charge is 0.339 e. The first-order valence-electron chi connectivity index (χ1n) is 11.2. The third-order valence-corrected chi connectivity index (χ3v) is 7.04. The lowest BCUT2D eigenvalue weighted by Crippen LogP contribution is -2.44. The van der Waals surface area contributed by atoms with Crippen LogP contribution in [-0.4, -0.2) is 41.6 Å². The number of imide groups is 1. The summed E-state index contributed by atoms with van der Waals surface area (Å²) >= 11 is 0. The van der Waals surface area contributed by atoms with E-state index in [2.05, 4.69) is 0 Å². The number of nitrogens with zero attached hydrogens (tertiary/aromatic N) is 2. The van der Waals surface area contributed by atoms with Crippen LogP contribution in [0.1, 0.15) is 38.1 Å². The van der Waals surface area contributed by atoms with E-state index in [0.717, 1.165) is 16.0 Å². The molecule has 0 N–H and O–H groups in total. The van der Waals surface area contributed by atoms with E-state index in [4.69, 9.17) is 9.15 Å². The van der Waals surface area contributed by atoms with Gasteiger partial charge in [0.2, 0.25) is 17.6 Å². The van der Waals surface area contributed by atoms with E-state index < -0.39 is 41.7 Å². The Morgan fingerprint density at radius 1 is 0.914 bits per heavy atom. The van der Waals surface area contributed by atoms with Gasteiger partial charge in [0.15, 0.2) is 5.76 Å². The number of rotatable bonds is 4. The maximum Gasteiger partial charge on any atom is 0.339 e. The molecular weight excluding hydrogens is 448 g/mol. The van der Waals surface area contributed by atoms with E-state index in [1.165, 1.54) is 19.4 Å². The minimum absolute atomic E-state index is 0.103. The first-order chi connectivity index (χ1) is 17.0. The highest BCUT2D eigenvalue weighted by Gasteiger charge is 2.65. The van der Waals surface area contributed by atoms with Crippen molar-refractivity contribution in [3.63, 3.8) is 0 Å². The summed E-state index contributed by atoms with van der Waals surface area (Å²) in [6, 6.07) is 15.7. The molecule has 3 aliphatic rings. The number of carbonyl (C=O) groups excluding carboxylic acids is 4. The molecule has 6 rings (SSSR count). The lowest BCUT2D eigenvalue weighted by Gasteiger charge is -2.35. The number of carbonyl (C=O) groups is 4. The molecule has 4 heterocycles. The highest BCUT2D eigenvalue weighted by Crippen LogP contribution is 2.54. The lowest BCUT2D eigenvalue weighted by atomic mass is 9.84. The van der Waals surface area contributed by atoms with Gasteiger partial charge in [0.05, 0.1) is 42.5 Å². The van der Waals surface area contributed by atoms with Crippen molar-refractivity contribution in [2.45, 2.75) is 12.1 Å². The minimum atomic E-state index is -0.952. The van der Waals surface area contributed by atoms with Gasteiger partial charge >= 0.3 is 5.97 Å². The van der Waals surface area contributed by atoms with Gasteiger partial charge in [0.25, 0.3) is 0 Å². The molecule has 0 bridgehead atoms. The summed E-state index contributed by atoms with van der Waals surface area (Å²) in [6.07, 6.45) is 5.07. The molecule has 0 unspecified atom stereocenters. The Balaban J connectivity index is 1.51. The number of fused-ring (bicyclic) bond motifs is 5. The number of ketones is 1. The lowest BCUT2D eigenvalue weighted by molar-refractivity contribution is -0.123. The first-order valence-corrected chi connectivity index (χ1v) is 11.2. The molecule has 8 heteroatoms. The number of para-hydroxylation sites is 1. The Morgan fingerprint density at radius 3 is 2.43 bits per heavy atom. The van der Waals surface area contributed by atoms with Crippen LogP contribution in [0.25, 0.3) is 6.08 Å². The van der Waals surface area contributed by atoms with Crippen LogP contribution in [0, 0.1) is 11.8 Å². The van der Waals surface area contributed by atoms with Gasteiger partial charge < -0.3 is 14.1 Å². The van der Waals surface area contributed by atoms with Crippen LogP contribution in [-0.2, 0) is 14.3 Å². The van der Waals surface area contributed by atoms with Crippen molar-refractivity contribution < 1.29 is 28.3 Å². The van der Waals surface area contributed by atoms with E-state index in [-0.39, 0.29) is 22.8 Å². The fourth-order valence-electron chi connectivity index (χ4n) is 5.61. The largest absolute Gasteiger partial charge is 0.465 e. The summed E-state index contributed by atoms with van der Waals surface area (Å²) in [6.45, 7) is 0. The monoisotopic (exact) mass is 468 g/mol. The predicted octanol–water partition coefficient (Wildman–Crippen LogP) is 3.46. The van der Waals surface area contributed by atoms with E-state index in [0.29, 0.717) is 0 Å². The van der Waals surface area contributed by atoms with Crippen molar-refractivity contribution in [2.75, 3.05) is 12.0 Å². The van der Waals surface area contributed by atoms with Gasteiger partial charge in [-0.1, -0.05) is 36.4 Å². The van der Waals surface area contributed by atoms with Crippen molar-refractivity contribution >= 4 is 35.3 Å². The Hall–Kier alpha value is -4.46. The molecule has 35 heavy (non-hydrogen) atoms. The van der Waals surface area contributed by atoms with Gasteiger partial charge in [0.1, 0.15) is 6.04 Å². The molecule has 0 saturated carbocycles. The second-order valence-corrected chi connectivity index (χ2v) is 8.70. The first kappa shape index (κ1) is 21.1. The average Bonchev–Trinajstić information content (AvgIpc) is 3.60. The molecule has 0 aliphatic carbocycles. The Kier molecular flexibility index (Phi) is 4.70. The zero-order chi connectivity index (χ0) is 24.3. The molecule has 0 radical (unpaired) electrons. The zero-order valence-corrected chi connectivity index (χ0v) is 18.7. The third-order valence-electron chi connectivity index (χ3n) is 7.04. The van der Waals surface area contributed by atoms with Crippen LogP contribution < -0.4 is 4.90 Å².